The van der Waals surface area contributed by atoms with Crippen LogP contribution < -0.4 is 11.1 Å². The average Bonchev–Trinajstić information content (AvgIpc) is 2.43. The monoisotopic (exact) mass is 307 g/mol. The van der Waals surface area contributed by atoms with Gasteiger partial charge in [0.25, 0.3) is 0 Å². The fraction of sp³-hybridized carbons (Fsp3) is 0.500. The van der Waals surface area contributed by atoms with Crippen LogP contribution in [0, 0.1) is 0 Å². The number of nitrogens with zero attached hydrogens (tertiary/aromatic N) is 1. The Hall–Kier alpha value is -1.46. The number of amides is 1. The Bertz CT molecular complexity index is 471. The van der Waals surface area contributed by atoms with Crippen LogP contribution >= 0.6 is 12.2 Å². The molecule has 0 aliphatic rings. The molecule has 0 saturated carbocycles. The first-order valence-corrected chi connectivity index (χ1v) is 7.78. The minimum Gasteiger partial charge on any atom is -0.389 e. The van der Waals surface area contributed by atoms with E-state index < -0.39 is 0 Å². The first-order chi connectivity index (χ1) is 9.93. The van der Waals surface area contributed by atoms with Crippen molar-refractivity contribution in [3.05, 3.63) is 29.8 Å². The Morgan fingerprint density at radius 2 is 1.95 bits per heavy atom. The van der Waals surface area contributed by atoms with Crippen LogP contribution in [0.5, 0.6) is 0 Å². The second-order valence-corrected chi connectivity index (χ2v) is 5.76. The molecule has 0 bridgehead atoms. The zero-order chi connectivity index (χ0) is 15.8. The lowest BCUT2D eigenvalue weighted by molar-refractivity contribution is -0.116. The van der Waals surface area contributed by atoms with Gasteiger partial charge in [0, 0.05) is 23.7 Å². The largest absolute Gasteiger partial charge is 0.389 e. The fourth-order valence-electron chi connectivity index (χ4n) is 2.17. The molecule has 0 spiro atoms. The Labute approximate surface area is 132 Å². The van der Waals surface area contributed by atoms with Crippen molar-refractivity contribution in [1.29, 1.82) is 0 Å². The molecule has 0 aromatic heterocycles. The van der Waals surface area contributed by atoms with E-state index in [1.165, 1.54) is 0 Å². The summed E-state index contributed by atoms with van der Waals surface area (Å²) in [6, 6.07) is 7.79. The van der Waals surface area contributed by atoms with Crippen LogP contribution in [0.3, 0.4) is 0 Å². The highest BCUT2D eigenvalue weighted by molar-refractivity contribution is 7.80. The van der Waals surface area contributed by atoms with E-state index in [1.54, 1.807) is 0 Å². The molecule has 116 valence electrons. The highest BCUT2D eigenvalue weighted by Crippen LogP contribution is 2.10. The summed E-state index contributed by atoms with van der Waals surface area (Å²) in [5.41, 5.74) is 7.11. The highest BCUT2D eigenvalue weighted by Gasteiger charge is 2.08. The normalized spacial score (nSPS) is 10.9. The average molecular weight is 307 g/mol. The first kappa shape index (κ1) is 17.6. The maximum atomic E-state index is 11.9. The molecule has 0 aliphatic carbocycles. The van der Waals surface area contributed by atoms with Gasteiger partial charge in [-0.05, 0) is 57.6 Å². The number of rotatable bonds is 8. The smallest absolute Gasteiger partial charge is 0.224 e. The summed E-state index contributed by atoms with van der Waals surface area (Å²) < 4.78 is 0. The standard InChI is InChI=1S/C16H25N3OS/c1-4-19(12(2)3)11-5-6-15(20)18-14-9-7-13(8-10-14)16(17)21/h7-10,12H,4-6,11H2,1-3H3,(H2,17,21)(H,18,20). The first-order valence-electron chi connectivity index (χ1n) is 7.37. The van der Waals surface area contributed by atoms with Crippen molar-refractivity contribution >= 4 is 28.8 Å². The molecule has 0 radical (unpaired) electrons. The maximum Gasteiger partial charge on any atom is 0.224 e. The van der Waals surface area contributed by atoms with Gasteiger partial charge in [-0.1, -0.05) is 19.1 Å². The van der Waals surface area contributed by atoms with Gasteiger partial charge in [0.2, 0.25) is 5.91 Å². The summed E-state index contributed by atoms with van der Waals surface area (Å²) >= 11 is 4.89. The van der Waals surface area contributed by atoms with Crippen molar-refractivity contribution in [2.75, 3.05) is 18.4 Å². The number of carbonyl (C=O) groups is 1. The number of nitrogens with two attached hydrogens (primary N) is 1. The Morgan fingerprint density at radius 3 is 2.43 bits per heavy atom. The molecule has 0 heterocycles. The lowest BCUT2D eigenvalue weighted by atomic mass is 10.2. The number of anilines is 1. The predicted octanol–water partition coefficient (Wildman–Crippen LogP) is 2.77. The minimum absolute atomic E-state index is 0.0397. The number of nitrogens with one attached hydrogen (secondary N) is 1. The van der Waals surface area contributed by atoms with E-state index >= 15 is 0 Å². The van der Waals surface area contributed by atoms with E-state index in [-0.39, 0.29) is 5.91 Å². The molecule has 5 heteroatoms. The molecular weight excluding hydrogens is 282 g/mol. The third kappa shape index (κ3) is 6.23. The number of carbonyl (C=O) groups excluding carboxylic acids is 1. The quantitative estimate of drug-likeness (QED) is 0.725. The molecule has 1 aromatic carbocycles. The maximum absolute atomic E-state index is 11.9. The molecule has 3 N–H and O–H groups in total. The van der Waals surface area contributed by atoms with Crippen LogP contribution in [0.15, 0.2) is 24.3 Å². The van der Waals surface area contributed by atoms with Crippen molar-refractivity contribution in [2.45, 2.75) is 39.7 Å². The molecule has 21 heavy (non-hydrogen) atoms. The zero-order valence-corrected chi connectivity index (χ0v) is 13.9. The lowest BCUT2D eigenvalue weighted by Crippen LogP contribution is -2.32. The van der Waals surface area contributed by atoms with Crippen LogP contribution in [0.1, 0.15) is 39.2 Å². The van der Waals surface area contributed by atoms with Gasteiger partial charge in [0.15, 0.2) is 0 Å². The third-order valence-corrected chi connectivity index (χ3v) is 3.67. The van der Waals surface area contributed by atoms with Crippen molar-refractivity contribution in [1.82, 2.24) is 4.90 Å². The van der Waals surface area contributed by atoms with Crippen LogP contribution in [-0.4, -0.2) is 34.9 Å². The summed E-state index contributed by atoms with van der Waals surface area (Å²) in [5, 5.41) is 2.89. The van der Waals surface area contributed by atoms with Gasteiger partial charge in [-0.3, -0.25) is 4.79 Å². The van der Waals surface area contributed by atoms with Gasteiger partial charge in [-0.25, -0.2) is 0 Å². The predicted molar refractivity (Wildman–Crippen MR) is 92.6 cm³/mol. The molecule has 0 atom stereocenters. The van der Waals surface area contributed by atoms with Crippen molar-refractivity contribution in [3.8, 4) is 0 Å². The summed E-state index contributed by atoms with van der Waals surface area (Å²) in [5.74, 6) is 0.0397. The van der Waals surface area contributed by atoms with Gasteiger partial charge in [-0.2, -0.15) is 0 Å². The molecule has 1 amide bonds. The van der Waals surface area contributed by atoms with Crippen molar-refractivity contribution in [3.63, 3.8) is 0 Å². The van der Waals surface area contributed by atoms with Crippen LogP contribution in [0.4, 0.5) is 5.69 Å². The van der Waals surface area contributed by atoms with E-state index in [1.807, 2.05) is 24.3 Å². The summed E-state index contributed by atoms with van der Waals surface area (Å²) in [7, 11) is 0. The van der Waals surface area contributed by atoms with Crippen molar-refractivity contribution < 1.29 is 4.79 Å². The molecule has 0 aliphatic heterocycles. The van der Waals surface area contributed by atoms with Gasteiger partial charge in [0.1, 0.15) is 4.99 Å². The number of thiocarbonyl (C=S) groups is 1. The fourth-order valence-corrected chi connectivity index (χ4v) is 2.30. The van der Waals surface area contributed by atoms with E-state index in [0.29, 0.717) is 17.5 Å². The second-order valence-electron chi connectivity index (χ2n) is 5.32. The second kappa shape index (κ2) is 8.74. The summed E-state index contributed by atoms with van der Waals surface area (Å²) in [6.45, 7) is 8.45. The molecule has 0 saturated heterocycles. The van der Waals surface area contributed by atoms with E-state index in [0.717, 1.165) is 30.8 Å². The van der Waals surface area contributed by atoms with Crippen LogP contribution in [-0.2, 0) is 4.79 Å². The highest BCUT2D eigenvalue weighted by atomic mass is 32.1. The topological polar surface area (TPSA) is 58.4 Å². The summed E-state index contributed by atoms with van der Waals surface area (Å²) in [6.07, 6.45) is 1.39. The van der Waals surface area contributed by atoms with E-state index in [2.05, 4.69) is 31.0 Å². The Kier molecular flexibility index (Phi) is 7.32. The molecular formula is C16H25N3OS. The molecule has 0 fully saturated rings. The Morgan fingerprint density at radius 1 is 1.33 bits per heavy atom. The number of hydrogen-bond acceptors (Lipinski definition) is 3. The van der Waals surface area contributed by atoms with Gasteiger partial charge in [0.05, 0.1) is 0 Å². The number of benzene rings is 1. The van der Waals surface area contributed by atoms with Crippen LogP contribution in [0.25, 0.3) is 0 Å². The van der Waals surface area contributed by atoms with Crippen LogP contribution in [0.2, 0.25) is 0 Å². The van der Waals surface area contributed by atoms with E-state index in [4.69, 9.17) is 18.0 Å². The lowest BCUT2D eigenvalue weighted by Gasteiger charge is -2.24. The molecule has 4 nitrogen and oxygen atoms in total. The summed E-state index contributed by atoms with van der Waals surface area (Å²) in [4.78, 5) is 14.6. The van der Waals surface area contributed by atoms with Gasteiger partial charge in [-0.15, -0.1) is 0 Å². The van der Waals surface area contributed by atoms with Crippen molar-refractivity contribution in [2.24, 2.45) is 5.73 Å². The minimum atomic E-state index is 0.0397. The molecule has 0 unspecified atom stereocenters. The third-order valence-electron chi connectivity index (χ3n) is 3.44. The van der Waals surface area contributed by atoms with Gasteiger partial charge < -0.3 is 16.0 Å². The van der Waals surface area contributed by atoms with E-state index in [9.17, 15) is 4.79 Å². The number of hydrogen-bond donors (Lipinski definition) is 2. The Balaban J connectivity index is 2.38. The zero-order valence-electron chi connectivity index (χ0n) is 13.1. The van der Waals surface area contributed by atoms with Gasteiger partial charge >= 0.3 is 0 Å². The SMILES string of the molecule is CCN(CCCC(=O)Nc1ccc(C(N)=S)cc1)C(C)C. The molecule has 1 rings (SSSR count). The molecule has 1 aromatic rings.